The minimum Gasteiger partial charge on any atom is -0.494 e. The maximum absolute atomic E-state index is 6.06. The maximum Gasteiger partial charge on any atom is 0.120 e. The van der Waals surface area contributed by atoms with Crippen LogP contribution >= 0.6 is 0 Å². The van der Waals surface area contributed by atoms with Crippen molar-refractivity contribution in [1.82, 2.24) is 9.88 Å². The van der Waals surface area contributed by atoms with Gasteiger partial charge in [0.25, 0.3) is 0 Å². The molecule has 0 spiro atoms. The van der Waals surface area contributed by atoms with Gasteiger partial charge in [0.05, 0.1) is 6.61 Å². The van der Waals surface area contributed by atoms with Gasteiger partial charge in [-0.05, 0) is 74.9 Å². The van der Waals surface area contributed by atoms with Gasteiger partial charge in [0.15, 0.2) is 0 Å². The Morgan fingerprint density at radius 3 is 2.81 bits per heavy atom. The number of rotatable bonds is 11. The molecule has 1 aromatic carbocycles. The summed E-state index contributed by atoms with van der Waals surface area (Å²) in [6, 6.07) is 11.5. The molecule has 0 unspecified atom stereocenters. The number of anilines is 1. The quantitative estimate of drug-likeness (QED) is 0.408. The standard InChI is InChI=1S/C28H39N3O/c1-30-18-9-11-25-22-27(14-15-28(25)30)32-21-7-3-6-19-31(26-12-4-2-5-13-26)20-16-24-10-8-17-29-23-24/h8-11,14-15,17,22-23,26H,2-7,12-13,16,18-21H2,1H3. The van der Waals surface area contributed by atoms with Crippen LogP contribution in [0.2, 0.25) is 0 Å². The zero-order valence-corrected chi connectivity index (χ0v) is 19.7. The number of fused-ring (bicyclic) bond motifs is 1. The molecule has 2 heterocycles. The summed E-state index contributed by atoms with van der Waals surface area (Å²) < 4.78 is 6.06. The molecule has 0 bridgehead atoms. The lowest BCUT2D eigenvalue weighted by molar-refractivity contribution is 0.153. The van der Waals surface area contributed by atoms with Crippen LogP contribution in [-0.4, -0.2) is 49.2 Å². The number of likely N-dealkylation sites (N-methyl/N-ethyl adjacent to an activating group) is 1. The van der Waals surface area contributed by atoms with E-state index in [0.717, 1.165) is 44.3 Å². The van der Waals surface area contributed by atoms with Crippen LogP contribution in [0.25, 0.3) is 6.08 Å². The number of ether oxygens (including phenoxy) is 1. The number of hydrogen-bond donors (Lipinski definition) is 0. The summed E-state index contributed by atoms with van der Waals surface area (Å²) in [5.74, 6) is 0.990. The molecular weight excluding hydrogens is 394 g/mol. The Kier molecular flexibility index (Phi) is 8.61. The van der Waals surface area contributed by atoms with Crippen LogP contribution in [0.5, 0.6) is 5.75 Å². The summed E-state index contributed by atoms with van der Waals surface area (Å²) in [4.78, 5) is 9.32. The Morgan fingerprint density at radius 1 is 1.06 bits per heavy atom. The fraction of sp³-hybridized carbons (Fsp3) is 0.536. The van der Waals surface area contributed by atoms with Crippen molar-refractivity contribution in [2.75, 3.05) is 38.2 Å². The van der Waals surface area contributed by atoms with E-state index in [1.165, 1.54) is 68.3 Å². The largest absolute Gasteiger partial charge is 0.494 e. The number of benzene rings is 1. The highest BCUT2D eigenvalue weighted by atomic mass is 16.5. The molecule has 0 amide bonds. The van der Waals surface area contributed by atoms with Crippen LogP contribution in [0.15, 0.2) is 48.8 Å². The zero-order chi connectivity index (χ0) is 22.0. The fourth-order valence-electron chi connectivity index (χ4n) is 5.07. The van der Waals surface area contributed by atoms with Crippen LogP contribution in [0.3, 0.4) is 0 Å². The summed E-state index contributed by atoms with van der Waals surface area (Å²) in [5, 5.41) is 0. The van der Waals surface area contributed by atoms with Crippen LogP contribution in [-0.2, 0) is 6.42 Å². The third-order valence-electron chi connectivity index (χ3n) is 6.95. The predicted octanol–water partition coefficient (Wildman–Crippen LogP) is 5.97. The second-order valence-electron chi connectivity index (χ2n) is 9.35. The van der Waals surface area contributed by atoms with Crippen molar-refractivity contribution in [3.63, 3.8) is 0 Å². The first-order valence-electron chi connectivity index (χ1n) is 12.6. The van der Waals surface area contributed by atoms with Gasteiger partial charge in [0.2, 0.25) is 0 Å². The molecule has 172 valence electrons. The number of hydrogen-bond acceptors (Lipinski definition) is 4. The summed E-state index contributed by atoms with van der Waals surface area (Å²) in [7, 11) is 2.14. The van der Waals surface area contributed by atoms with E-state index in [2.05, 4.69) is 64.3 Å². The number of pyridine rings is 1. The van der Waals surface area contributed by atoms with Crippen molar-refractivity contribution in [3.8, 4) is 5.75 Å². The molecule has 0 saturated heterocycles. The first-order chi connectivity index (χ1) is 15.8. The molecule has 1 aliphatic heterocycles. The molecule has 1 aromatic heterocycles. The second kappa shape index (κ2) is 12.1. The van der Waals surface area contributed by atoms with Crippen LogP contribution in [0.4, 0.5) is 5.69 Å². The molecule has 0 N–H and O–H groups in total. The van der Waals surface area contributed by atoms with Gasteiger partial charge < -0.3 is 14.5 Å². The Balaban J connectivity index is 1.19. The van der Waals surface area contributed by atoms with Gasteiger partial charge in [0.1, 0.15) is 5.75 Å². The molecule has 1 aliphatic carbocycles. The van der Waals surface area contributed by atoms with Crippen LogP contribution < -0.4 is 9.64 Å². The predicted molar refractivity (Wildman–Crippen MR) is 134 cm³/mol. The van der Waals surface area contributed by atoms with E-state index in [9.17, 15) is 0 Å². The highest BCUT2D eigenvalue weighted by Gasteiger charge is 2.20. The van der Waals surface area contributed by atoms with E-state index < -0.39 is 0 Å². The summed E-state index contributed by atoms with van der Waals surface area (Å²) in [5.41, 5.74) is 3.90. The normalized spacial score (nSPS) is 16.4. The molecule has 4 heteroatoms. The Labute approximate surface area is 194 Å². The maximum atomic E-state index is 6.06. The van der Waals surface area contributed by atoms with Crippen LogP contribution in [0.1, 0.15) is 62.5 Å². The SMILES string of the molecule is CN1CC=Cc2cc(OCCCCCN(CCc3cccnc3)C3CCCCC3)ccc21. The summed E-state index contributed by atoms with van der Waals surface area (Å²) in [6.07, 6.45) is 20.0. The molecule has 4 nitrogen and oxygen atoms in total. The summed E-state index contributed by atoms with van der Waals surface area (Å²) >= 11 is 0. The van der Waals surface area contributed by atoms with Gasteiger partial charge in [0, 0.05) is 49.8 Å². The van der Waals surface area contributed by atoms with Crippen molar-refractivity contribution in [3.05, 3.63) is 59.9 Å². The topological polar surface area (TPSA) is 28.6 Å². The summed E-state index contributed by atoms with van der Waals surface area (Å²) in [6.45, 7) is 4.15. The van der Waals surface area contributed by atoms with Crippen molar-refractivity contribution >= 4 is 11.8 Å². The minimum absolute atomic E-state index is 0.776. The van der Waals surface area contributed by atoms with Gasteiger partial charge in [-0.3, -0.25) is 4.98 Å². The van der Waals surface area contributed by atoms with Crippen molar-refractivity contribution in [2.45, 2.75) is 63.8 Å². The Morgan fingerprint density at radius 2 is 1.97 bits per heavy atom. The smallest absolute Gasteiger partial charge is 0.120 e. The average Bonchev–Trinajstić information content (AvgIpc) is 2.84. The fourth-order valence-corrected chi connectivity index (χ4v) is 5.07. The first-order valence-corrected chi connectivity index (χ1v) is 12.6. The van der Waals surface area contributed by atoms with Crippen molar-refractivity contribution < 1.29 is 4.74 Å². The van der Waals surface area contributed by atoms with Gasteiger partial charge in [-0.25, -0.2) is 0 Å². The van der Waals surface area contributed by atoms with E-state index in [1.807, 2.05) is 12.4 Å². The number of unbranched alkanes of at least 4 members (excludes halogenated alkanes) is 2. The Hall–Kier alpha value is -2.33. The Bertz CT molecular complexity index is 845. The van der Waals surface area contributed by atoms with E-state index in [1.54, 1.807) is 0 Å². The van der Waals surface area contributed by atoms with Gasteiger partial charge in [-0.2, -0.15) is 0 Å². The van der Waals surface area contributed by atoms with E-state index in [0.29, 0.717) is 0 Å². The second-order valence-corrected chi connectivity index (χ2v) is 9.35. The monoisotopic (exact) mass is 433 g/mol. The molecule has 4 rings (SSSR count). The number of nitrogens with zero attached hydrogens (tertiary/aromatic N) is 3. The third kappa shape index (κ3) is 6.59. The number of aromatic nitrogens is 1. The highest BCUT2D eigenvalue weighted by Crippen LogP contribution is 2.29. The van der Waals surface area contributed by atoms with Gasteiger partial charge >= 0.3 is 0 Å². The molecule has 32 heavy (non-hydrogen) atoms. The lowest BCUT2D eigenvalue weighted by Crippen LogP contribution is -2.39. The van der Waals surface area contributed by atoms with Crippen molar-refractivity contribution in [1.29, 1.82) is 0 Å². The molecule has 2 aliphatic rings. The lowest BCUT2D eigenvalue weighted by Gasteiger charge is -2.34. The molecular formula is C28H39N3O. The minimum atomic E-state index is 0.776. The van der Waals surface area contributed by atoms with E-state index in [4.69, 9.17) is 4.74 Å². The molecule has 1 saturated carbocycles. The van der Waals surface area contributed by atoms with Crippen LogP contribution in [0, 0.1) is 0 Å². The van der Waals surface area contributed by atoms with Crippen molar-refractivity contribution in [2.24, 2.45) is 0 Å². The zero-order valence-electron chi connectivity index (χ0n) is 19.7. The van der Waals surface area contributed by atoms with Gasteiger partial charge in [-0.15, -0.1) is 0 Å². The van der Waals surface area contributed by atoms with E-state index >= 15 is 0 Å². The first kappa shape index (κ1) is 22.8. The molecule has 0 atom stereocenters. The molecule has 1 fully saturated rings. The highest BCUT2D eigenvalue weighted by molar-refractivity contribution is 5.72. The molecule has 0 radical (unpaired) electrons. The lowest BCUT2D eigenvalue weighted by atomic mass is 9.93. The third-order valence-corrected chi connectivity index (χ3v) is 6.95. The van der Waals surface area contributed by atoms with E-state index in [-0.39, 0.29) is 0 Å². The molecule has 2 aromatic rings. The average molecular weight is 434 g/mol. The van der Waals surface area contributed by atoms with Gasteiger partial charge in [-0.1, -0.05) is 37.5 Å².